The van der Waals surface area contributed by atoms with Crippen molar-refractivity contribution >= 4 is 11.9 Å². The van der Waals surface area contributed by atoms with Crippen LogP contribution in [0, 0.1) is 6.92 Å². The van der Waals surface area contributed by atoms with Gasteiger partial charge in [0.05, 0.1) is 6.42 Å². The Morgan fingerprint density at radius 1 is 1.42 bits per heavy atom. The molecule has 1 heterocycles. The maximum absolute atomic E-state index is 12.2. The lowest BCUT2D eigenvalue weighted by atomic mass is 10.2. The number of aliphatic carboxylic acids is 1. The first-order valence-electron chi connectivity index (χ1n) is 6.05. The summed E-state index contributed by atoms with van der Waals surface area (Å²) in [5, 5.41) is 8.68. The van der Waals surface area contributed by atoms with Crippen LogP contribution in [-0.2, 0) is 4.79 Å². The predicted molar refractivity (Wildman–Crippen MR) is 70.2 cm³/mol. The number of aromatic nitrogens is 1. The van der Waals surface area contributed by atoms with Crippen molar-refractivity contribution in [1.82, 2.24) is 9.88 Å². The second kappa shape index (κ2) is 6.17. The molecule has 0 unspecified atom stereocenters. The molecule has 6 nitrogen and oxygen atoms in total. The number of aromatic amines is 1. The van der Waals surface area contributed by atoms with Gasteiger partial charge in [-0.05, 0) is 20.8 Å². The minimum absolute atomic E-state index is 0.0321. The number of carbonyl (C=O) groups is 2. The summed E-state index contributed by atoms with van der Waals surface area (Å²) in [6, 6.07) is 1.18. The van der Waals surface area contributed by atoms with Crippen molar-refractivity contribution in [3.8, 4) is 0 Å². The zero-order chi connectivity index (χ0) is 14.6. The molecule has 1 aromatic rings. The number of hydrogen-bond acceptors (Lipinski definition) is 3. The van der Waals surface area contributed by atoms with Gasteiger partial charge in [0, 0.05) is 30.5 Å². The Morgan fingerprint density at radius 2 is 2.05 bits per heavy atom. The molecule has 1 rings (SSSR count). The first-order chi connectivity index (χ1) is 8.82. The van der Waals surface area contributed by atoms with Gasteiger partial charge in [0.15, 0.2) is 5.43 Å². The lowest BCUT2D eigenvalue weighted by Crippen LogP contribution is -2.40. The van der Waals surface area contributed by atoms with E-state index < -0.39 is 11.9 Å². The first kappa shape index (κ1) is 14.9. The second-order valence-electron chi connectivity index (χ2n) is 4.63. The minimum atomic E-state index is -0.976. The summed E-state index contributed by atoms with van der Waals surface area (Å²) < 4.78 is 0. The van der Waals surface area contributed by atoms with Crippen molar-refractivity contribution in [2.45, 2.75) is 33.2 Å². The molecule has 0 atom stereocenters. The van der Waals surface area contributed by atoms with E-state index in [1.54, 1.807) is 20.8 Å². The van der Waals surface area contributed by atoms with Crippen molar-refractivity contribution in [2.24, 2.45) is 0 Å². The highest BCUT2D eigenvalue weighted by molar-refractivity contribution is 5.94. The van der Waals surface area contributed by atoms with Crippen LogP contribution in [0.3, 0.4) is 0 Å². The van der Waals surface area contributed by atoms with Gasteiger partial charge in [0.1, 0.15) is 5.56 Å². The molecule has 0 aliphatic rings. The van der Waals surface area contributed by atoms with Gasteiger partial charge in [0.2, 0.25) is 0 Å². The average molecular weight is 266 g/mol. The van der Waals surface area contributed by atoms with E-state index in [0.717, 1.165) is 0 Å². The summed E-state index contributed by atoms with van der Waals surface area (Å²) in [4.78, 5) is 38.8. The van der Waals surface area contributed by atoms with E-state index in [1.165, 1.54) is 17.2 Å². The minimum Gasteiger partial charge on any atom is -0.481 e. The third kappa shape index (κ3) is 3.94. The van der Waals surface area contributed by atoms with E-state index in [2.05, 4.69) is 4.98 Å². The average Bonchev–Trinajstić information content (AvgIpc) is 2.27. The van der Waals surface area contributed by atoms with Crippen molar-refractivity contribution in [1.29, 1.82) is 0 Å². The Labute approximate surface area is 111 Å². The largest absolute Gasteiger partial charge is 0.481 e. The van der Waals surface area contributed by atoms with E-state index in [9.17, 15) is 14.4 Å². The molecule has 0 saturated carbocycles. The number of amides is 1. The highest BCUT2D eigenvalue weighted by Gasteiger charge is 2.21. The number of pyridine rings is 1. The molecule has 0 bridgehead atoms. The quantitative estimate of drug-likeness (QED) is 0.832. The molecule has 1 amide bonds. The lowest BCUT2D eigenvalue weighted by Gasteiger charge is -2.25. The van der Waals surface area contributed by atoms with Gasteiger partial charge in [-0.25, -0.2) is 0 Å². The molecule has 0 aromatic carbocycles. The topological polar surface area (TPSA) is 90.5 Å². The predicted octanol–water partition coefficient (Wildman–Crippen LogP) is 1.01. The van der Waals surface area contributed by atoms with Gasteiger partial charge in [-0.15, -0.1) is 0 Å². The molecule has 0 saturated heterocycles. The Kier molecular flexibility index (Phi) is 4.86. The second-order valence-corrected chi connectivity index (χ2v) is 4.63. The van der Waals surface area contributed by atoms with Crippen LogP contribution >= 0.6 is 0 Å². The van der Waals surface area contributed by atoms with Gasteiger partial charge in [-0.1, -0.05) is 0 Å². The van der Waals surface area contributed by atoms with Crippen LogP contribution in [0.4, 0.5) is 0 Å². The molecule has 6 heteroatoms. The number of aryl methyl sites for hydroxylation is 1. The number of carboxylic acids is 1. The summed E-state index contributed by atoms with van der Waals surface area (Å²) in [5.74, 6) is -1.42. The number of H-pyrrole nitrogens is 1. The van der Waals surface area contributed by atoms with E-state index in [4.69, 9.17) is 5.11 Å². The standard InChI is InChI=1S/C13H18N2O4/c1-8(2)15(5-4-12(17)18)13(19)10-7-14-9(3)6-11(10)16/h6-8H,4-5H2,1-3H3,(H,14,16)(H,17,18). The SMILES string of the molecule is Cc1cc(=O)c(C(=O)N(CCC(=O)O)C(C)C)c[nH]1. The van der Waals surface area contributed by atoms with Crippen molar-refractivity contribution in [3.05, 3.63) is 33.7 Å². The number of hydrogen-bond donors (Lipinski definition) is 2. The Hall–Kier alpha value is -2.11. The van der Waals surface area contributed by atoms with Crippen LogP contribution in [0.5, 0.6) is 0 Å². The normalized spacial score (nSPS) is 10.5. The molecule has 0 aliphatic carbocycles. The number of carbonyl (C=O) groups excluding carboxylic acids is 1. The van der Waals surface area contributed by atoms with Crippen molar-refractivity contribution in [2.75, 3.05) is 6.54 Å². The third-order valence-corrected chi connectivity index (χ3v) is 2.74. The van der Waals surface area contributed by atoms with Crippen molar-refractivity contribution < 1.29 is 14.7 Å². The molecule has 0 fully saturated rings. The van der Waals surface area contributed by atoms with Gasteiger partial charge in [0.25, 0.3) is 5.91 Å². The highest BCUT2D eigenvalue weighted by atomic mass is 16.4. The monoisotopic (exact) mass is 266 g/mol. The van der Waals surface area contributed by atoms with E-state index in [0.29, 0.717) is 5.69 Å². The maximum atomic E-state index is 12.2. The number of rotatable bonds is 5. The van der Waals surface area contributed by atoms with Gasteiger partial charge < -0.3 is 15.0 Å². The van der Waals surface area contributed by atoms with Crippen LogP contribution in [0.2, 0.25) is 0 Å². The number of nitrogens with zero attached hydrogens (tertiary/aromatic N) is 1. The molecular formula is C13H18N2O4. The van der Waals surface area contributed by atoms with Crippen LogP contribution in [-0.4, -0.2) is 39.5 Å². The zero-order valence-corrected chi connectivity index (χ0v) is 11.3. The molecule has 104 valence electrons. The van der Waals surface area contributed by atoms with Gasteiger partial charge in [-0.3, -0.25) is 14.4 Å². The maximum Gasteiger partial charge on any atom is 0.305 e. The highest BCUT2D eigenvalue weighted by Crippen LogP contribution is 2.06. The fourth-order valence-electron chi connectivity index (χ4n) is 1.71. The Bertz CT molecular complexity index is 534. The Balaban J connectivity index is 2.99. The lowest BCUT2D eigenvalue weighted by molar-refractivity contribution is -0.137. The van der Waals surface area contributed by atoms with E-state index in [1.807, 2.05) is 0 Å². The first-order valence-corrected chi connectivity index (χ1v) is 6.05. The number of carboxylic acid groups (broad SMARTS) is 1. The summed E-state index contributed by atoms with van der Waals surface area (Å²) in [6.07, 6.45) is 1.23. The van der Waals surface area contributed by atoms with Gasteiger partial charge >= 0.3 is 5.97 Å². The molecule has 2 N–H and O–H groups in total. The molecule has 0 radical (unpaired) electrons. The van der Waals surface area contributed by atoms with Crippen molar-refractivity contribution in [3.63, 3.8) is 0 Å². The molecule has 0 aliphatic heterocycles. The summed E-state index contributed by atoms with van der Waals surface area (Å²) in [5.41, 5.74) is 0.343. The van der Waals surface area contributed by atoms with Crippen LogP contribution in [0.25, 0.3) is 0 Å². The summed E-state index contributed by atoms with van der Waals surface area (Å²) in [7, 11) is 0. The van der Waals surface area contributed by atoms with E-state index >= 15 is 0 Å². The summed E-state index contributed by atoms with van der Waals surface area (Å²) in [6.45, 7) is 5.36. The number of nitrogens with one attached hydrogen (secondary N) is 1. The van der Waals surface area contributed by atoms with E-state index in [-0.39, 0.29) is 30.0 Å². The molecular weight excluding hydrogens is 248 g/mol. The fourth-order valence-corrected chi connectivity index (χ4v) is 1.71. The summed E-state index contributed by atoms with van der Waals surface area (Å²) >= 11 is 0. The van der Waals surface area contributed by atoms with Crippen LogP contribution in [0.1, 0.15) is 36.3 Å². The third-order valence-electron chi connectivity index (χ3n) is 2.74. The van der Waals surface area contributed by atoms with Crippen LogP contribution < -0.4 is 5.43 Å². The van der Waals surface area contributed by atoms with Gasteiger partial charge in [-0.2, -0.15) is 0 Å². The smallest absolute Gasteiger partial charge is 0.305 e. The molecule has 0 spiro atoms. The fraction of sp³-hybridized carbons (Fsp3) is 0.462. The molecule has 19 heavy (non-hydrogen) atoms. The van der Waals surface area contributed by atoms with Crippen LogP contribution in [0.15, 0.2) is 17.1 Å². The Morgan fingerprint density at radius 3 is 2.53 bits per heavy atom. The zero-order valence-electron chi connectivity index (χ0n) is 11.3. The molecule has 1 aromatic heterocycles.